The van der Waals surface area contributed by atoms with Crippen LogP contribution in [0.25, 0.3) is 0 Å². The summed E-state index contributed by atoms with van der Waals surface area (Å²) in [5, 5.41) is 3.41. The molecule has 1 fully saturated rings. The lowest BCUT2D eigenvalue weighted by molar-refractivity contribution is 0.00566. The van der Waals surface area contributed by atoms with Crippen LogP contribution in [-0.4, -0.2) is 33.5 Å². The molecule has 1 saturated heterocycles. The third kappa shape index (κ3) is 2.63. The van der Waals surface area contributed by atoms with Gasteiger partial charge in [0.25, 0.3) is 0 Å². The van der Waals surface area contributed by atoms with Crippen LogP contribution in [0.1, 0.15) is 30.9 Å². The second-order valence-electron chi connectivity index (χ2n) is 5.59. The van der Waals surface area contributed by atoms with Gasteiger partial charge in [-0.15, -0.1) is 0 Å². The van der Waals surface area contributed by atoms with Crippen LogP contribution < -0.4 is 14.8 Å². The van der Waals surface area contributed by atoms with Gasteiger partial charge < -0.3 is 19.5 Å². The van der Waals surface area contributed by atoms with Crippen LogP contribution in [-0.2, 0) is 4.74 Å². The summed E-state index contributed by atoms with van der Waals surface area (Å²) in [5.74, 6) is 2.49. The fourth-order valence-electron chi connectivity index (χ4n) is 3.25. The third-order valence-electron chi connectivity index (χ3n) is 4.48. The average molecular weight is 277 g/mol. The second-order valence-corrected chi connectivity index (χ2v) is 5.59. The monoisotopic (exact) mass is 277 g/mol. The van der Waals surface area contributed by atoms with E-state index in [1.165, 1.54) is 5.56 Å². The molecule has 3 rings (SSSR count). The fraction of sp³-hybridized carbons (Fsp3) is 0.625. The molecule has 4 heteroatoms. The van der Waals surface area contributed by atoms with Crippen LogP contribution in [0.3, 0.4) is 0 Å². The van der Waals surface area contributed by atoms with Gasteiger partial charge in [-0.25, -0.2) is 0 Å². The highest BCUT2D eigenvalue weighted by molar-refractivity contribution is 5.43. The minimum atomic E-state index is 0.289. The van der Waals surface area contributed by atoms with Gasteiger partial charge in [0, 0.05) is 37.2 Å². The van der Waals surface area contributed by atoms with E-state index in [2.05, 4.69) is 11.4 Å². The zero-order valence-corrected chi connectivity index (χ0v) is 12.2. The molecule has 1 aromatic rings. The summed E-state index contributed by atoms with van der Waals surface area (Å²) in [4.78, 5) is 0. The van der Waals surface area contributed by atoms with Crippen molar-refractivity contribution < 1.29 is 14.2 Å². The quantitative estimate of drug-likeness (QED) is 0.921. The van der Waals surface area contributed by atoms with Crippen molar-refractivity contribution in [1.29, 1.82) is 0 Å². The summed E-state index contributed by atoms with van der Waals surface area (Å²) >= 11 is 0. The summed E-state index contributed by atoms with van der Waals surface area (Å²) in [5.41, 5.74) is 1.20. The Morgan fingerprint density at radius 1 is 1.25 bits per heavy atom. The van der Waals surface area contributed by atoms with Crippen molar-refractivity contribution in [2.24, 2.45) is 5.92 Å². The van der Waals surface area contributed by atoms with Gasteiger partial charge in [0.1, 0.15) is 17.6 Å². The first-order chi connectivity index (χ1) is 9.81. The molecule has 20 heavy (non-hydrogen) atoms. The Bertz CT molecular complexity index is 457. The van der Waals surface area contributed by atoms with E-state index in [1.807, 2.05) is 19.2 Å². The predicted molar refractivity (Wildman–Crippen MR) is 77.4 cm³/mol. The fourth-order valence-corrected chi connectivity index (χ4v) is 3.25. The lowest BCUT2D eigenvalue weighted by Gasteiger charge is -2.38. The summed E-state index contributed by atoms with van der Waals surface area (Å²) < 4.78 is 17.0. The van der Waals surface area contributed by atoms with Crippen LogP contribution in [0, 0.1) is 5.92 Å². The molecule has 2 atom stereocenters. The van der Waals surface area contributed by atoms with Gasteiger partial charge in [-0.3, -0.25) is 0 Å². The molecular formula is C16H23NO3. The van der Waals surface area contributed by atoms with E-state index in [1.54, 1.807) is 7.11 Å². The maximum Gasteiger partial charge on any atom is 0.124 e. The zero-order chi connectivity index (χ0) is 13.9. The summed E-state index contributed by atoms with van der Waals surface area (Å²) in [6.07, 6.45) is 3.51. The molecule has 110 valence electrons. The van der Waals surface area contributed by atoms with E-state index in [0.717, 1.165) is 44.0 Å². The maximum absolute atomic E-state index is 6.25. The Kier molecular flexibility index (Phi) is 4.13. The number of benzene rings is 1. The van der Waals surface area contributed by atoms with E-state index < -0.39 is 0 Å². The highest BCUT2D eigenvalue weighted by Crippen LogP contribution is 2.40. The Hall–Kier alpha value is -1.26. The Labute approximate surface area is 120 Å². The molecule has 0 saturated carbocycles. The van der Waals surface area contributed by atoms with Crippen molar-refractivity contribution in [1.82, 2.24) is 5.32 Å². The van der Waals surface area contributed by atoms with E-state index in [-0.39, 0.29) is 6.10 Å². The van der Waals surface area contributed by atoms with E-state index in [9.17, 15) is 0 Å². The van der Waals surface area contributed by atoms with E-state index in [0.29, 0.717) is 12.0 Å². The molecule has 1 N–H and O–H groups in total. The van der Waals surface area contributed by atoms with Crippen LogP contribution in [0.15, 0.2) is 18.2 Å². The maximum atomic E-state index is 6.25. The van der Waals surface area contributed by atoms with Gasteiger partial charge in [-0.1, -0.05) is 0 Å². The van der Waals surface area contributed by atoms with Crippen LogP contribution >= 0.6 is 0 Å². The first-order valence-electron chi connectivity index (χ1n) is 7.41. The topological polar surface area (TPSA) is 39.7 Å². The van der Waals surface area contributed by atoms with Crippen molar-refractivity contribution in [3.05, 3.63) is 23.8 Å². The molecule has 1 aromatic carbocycles. The lowest BCUT2D eigenvalue weighted by Crippen LogP contribution is -2.38. The Balaban J connectivity index is 1.82. The number of nitrogens with one attached hydrogen (secondary N) is 1. The molecular weight excluding hydrogens is 254 g/mol. The molecule has 0 bridgehead atoms. The van der Waals surface area contributed by atoms with Crippen LogP contribution in [0.2, 0.25) is 0 Å². The van der Waals surface area contributed by atoms with E-state index in [4.69, 9.17) is 14.2 Å². The van der Waals surface area contributed by atoms with E-state index >= 15 is 0 Å². The molecule has 0 spiro atoms. The first kappa shape index (κ1) is 13.7. The number of fused-ring (bicyclic) bond motifs is 1. The number of hydrogen-bond donors (Lipinski definition) is 1. The van der Waals surface area contributed by atoms with Gasteiger partial charge in [0.05, 0.1) is 7.11 Å². The Morgan fingerprint density at radius 3 is 2.75 bits per heavy atom. The van der Waals surface area contributed by atoms with Gasteiger partial charge in [0.2, 0.25) is 0 Å². The number of methoxy groups -OCH3 is 1. The number of ether oxygens (including phenoxy) is 3. The third-order valence-corrected chi connectivity index (χ3v) is 4.48. The highest BCUT2D eigenvalue weighted by Gasteiger charge is 2.33. The largest absolute Gasteiger partial charge is 0.497 e. The van der Waals surface area contributed by atoms with Crippen LogP contribution in [0.4, 0.5) is 0 Å². The summed E-state index contributed by atoms with van der Waals surface area (Å²) in [6, 6.07) is 6.42. The number of rotatable bonds is 3. The molecule has 0 aliphatic carbocycles. The summed E-state index contributed by atoms with van der Waals surface area (Å²) in [7, 11) is 3.71. The minimum Gasteiger partial charge on any atom is -0.497 e. The SMILES string of the molecule is CNC1CC(C2CCOCC2)Oc2ccc(OC)cc21. The van der Waals surface area contributed by atoms with Crippen molar-refractivity contribution >= 4 is 0 Å². The van der Waals surface area contributed by atoms with Crippen molar-refractivity contribution in [3.8, 4) is 11.5 Å². The smallest absolute Gasteiger partial charge is 0.124 e. The average Bonchev–Trinajstić information content (AvgIpc) is 2.54. The summed E-state index contributed by atoms with van der Waals surface area (Å²) in [6.45, 7) is 1.73. The standard InChI is InChI=1S/C16H23NO3/c1-17-14-10-16(11-5-7-19-8-6-11)20-15-4-3-12(18-2)9-13(14)15/h3-4,9,11,14,16-17H,5-8,10H2,1-2H3. The first-order valence-corrected chi connectivity index (χ1v) is 7.41. The molecule has 0 amide bonds. The normalized spacial score (nSPS) is 26.7. The predicted octanol–water partition coefficient (Wildman–Crippen LogP) is 2.53. The van der Waals surface area contributed by atoms with Crippen LogP contribution in [0.5, 0.6) is 11.5 Å². The molecule has 0 radical (unpaired) electrons. The molecule has 4 nitrogen and oxygen atoms in total. The minimum absolute atomic E-state index is 0.289. The van der Waals surface area contributed by atoms with Gasteiger partial charge in [-0.05, 0) is 38.1 Å². The van der Waals surface area contributed by atoms with Crippen molar-refractivity contribution in [3.63, 3.8) is 0 Å². The van der Waals surface area contributed by atoms with Crippen molar-refractivity contribution in [2.75, 3.05) is 27.4 Å². The molecule has 2 heterocycles. The molecule has 0 aromatic heterocycles. The molecule has 2 unspecified atom stereocenters. The zero-order valence-electron chi connectivity index (χ0n) is 12.2. The molecule has 2 aliphatic rings. The van der Waals surface area contributed by atoms with Gasteiger partial charge >= 0.3 is 0 Å². The molecule has 2 aliphatic heterocycles. The van der Waals surface area contributed by atoms with Gasteiger partial charge in [-0.2, -0.15) is 0 Å². The van der Waals surface area contributed by atoms with Gasteiger partial charge in [0.15, 0.2) is 0 Å². The Morgan fingerprint density at radius 2 is 2.05 bits per heavy atom. The second kappa shape index (κ2) is 6.02. The lowest BCUT2D eigenvalue weighted by atomic mass is 9.86. The highest BCUT2D eigenvalue weighted by atomic mass is 16.5. The van der Waals surface area contributed by atoms with Crippen molar-refractivity contribution in [2.45, 2.75) is 31.4 Å². The number of hydrogen-bond acceptors (Lipinski definition) is 4.